The summed E-state index contributed by atoms with van der Waals surface area (Å²) in [5, 5.41) is 110. The van der Waals surface area contributed by atoms with Crippen molar-refractivity contribution >= 4 is 25.7 Å². The van der Waals surface area contributed by atoms with Gasteiger partial charge in [0.25, 0.3) is 0 Å². The van der Waals surface area contributed by atoms with E-state index in [2.05, 4.69) is 27.7 Å². The number of rotatable bonds is 60. The number of carbonyl (C=O) groups excluding carboxylic acids is 3. The van der Waals surface area contributed by atoms with Gasteiger partial charge in [-0.05, 0) is 31.6 Å². The van der Waals surface area contributed by atoms with Crippen LogP contribution >= 0.6 is 7.82 Å². The van der Waals surface area contributed by atoms with Crippen LogP contribution in [-0.4, -0.2) is 204 Å². The average molecular weight is 1450 g/mol. The zero-order valence-electron chi connectivity index (χ0n) is 61.4. The molecule has 586 valence electrons. The predicted molar refractivity (Wildman–Crippen MR) is 379 cm³/mol. The molecule has 0 spiro atoms. The first-order valence-electron chi connectivity index (χ1n) is 39.1. The van der Waals surface area contributed by atoms with Crippen molar-refractivity contribution in [2.45, 2.75) is 402 Å². The molecule has 2 heterocycles. The lowest BCUT2D eigenvalue weighted by molar-refractivity contribution is -0.360. The predicted octanol–water partition coefficient (Wildman–Crippen LogP) is 11.2. The maximum Gasteiger partial charge on any atom is 0.472 e. The molecule has 2 saturated heterocycles. The Kier molecular flexibility index (Phi) is 51.2. The number of hydrogen-bond donors (Lipinski definition) is 11. The largest absolute Gasteiger partial charge is 0.472 e. The molecule has 0 aromatic heterocycles. The first kappa shape index (κ1) is 91.6. The summed E-state index contributed by atoms with van der Waals surface area (Å²) in [7, 11) is -5.72. The van der Waals surface area contributed by atoms with Gasteiger partial charge in [-0.25, -0.2) is 9.36 Å². The van der Waals surface area contributed by atoms with Gasteiger partial charge >= 0.3 is 25.7 Å². The van der Waals surface area contributed by atoms with E-state index >= 15 is 0 Å². The minimum Gasteiger partial charge on any atom is -0.463 e. The topological polar surface area (TPSA) is 374 Å². The summed E-state index contributed by atoms with van der Waals surface area (Å²) in [5.41, 5.74) is 0. The molecule has 0 radical (unpaired) electrons. The molecule has 100 heavy (non-hydrogen) atoms. The van der Waals surface area contributed by atoms with Gasteiger partial charge in [0.15, 0.2) is 18.7 Å². The number of hydrogen-bond acceptors (Lipinski definition) is 23. The summed E-state index contributed by atoms with van der Waals surface area (Å²) < 4.78 is 64.9. The Hall–Kier alpha value is -2.56. The Morgan fingerprint density at radius 3 is 1.26 bits per heavy atom. The van der Waals surface area contributed by atoms with Gasteiger partial charge in [-0.15, -0.1) is 0 Å². The minimum atomic E-state index is -5.72. The molecule has 2 aliphatic heterocycles. The minimum absolute atomic E-state index is 0.0257. The van der Waals surface area contributed by atoms with Gasteiger partial charge in [0, 0.05) is 18.9 Å². The van der Waals surface area contributed by atoms with E-state index in [1.807, 2.05) is 6.08 Å². The van der Waals surface area contributed by atoms with Crippen LogP contribution in [0, 0.1) is 5.92 Å². The molecule has 1 aliphatic carbocycles. The molecule has 0 bridgehead atoms. The molecular formula is C75H137O24P. The number of aliphatic hydroxyl groups excluding tert-OH is 10. The van der Waals surface area contributed by atoms with Gasteiger partial charge in [-0.2, -0.15) is 0 Å². The van der Waals surface area contributed by atoms with Gasteiger partial charge in [0.1, 0.15) is 98.7 Å². The molecule has 1 saturated carbocycles. The van der Waals surface area contributed by atoms with Crippen LogP contribution in [0.5, 0.6) is 0 Å². The van der Waals surface area contributed by atoms with E-state index in [0.29, 0.717) is 18.8 Å². The molecule has 19 atom stereocenters. The zero-order chi connectivity index (χ0) is 73.3. The first-order chi connectivity index (χ1) is 48.2. The van der Waals surface area contributed by atoms with Crippen molar-refractivity contribution in [1.29, 1.82) is 0 Å². The van der Waals surface area contributed by atoms with Crippen molar-refractivity contribution in [3.8, 4) is 0 Å². The third-order valence-electron chi connectivity index (χ3n) is 19.5. The summed E-state index contributed by atoms with van der Waals surface area (Å²) in [5.74, 6) is -1.54. The van der Waals surface area contributed by atoms with Gasteiger partial charge < -0.3 is 89.1 Å². The first-order valence-corrected chi connectivity index (χ1v) is 40.5. The van der Waals surface area contributed by atoms with Crippen molar-refractivity contribution in [1.82, 2.24) is 0 Å². The van der Waals surface area contributed by atoms with Gasteiger partial charge in [-0.3, -0.25) is 18.6 Å². The number of unbranched alkanes of at least 4 members (excludes halogenated alkanes) is 34. The quantitative estimate of drug-likeness (QED) is 0.00673. The molecule has 25 heteroatoms. The average Bonchev–Trinajstić information content (AvgIpc) is 0.763. The Balaban J connectivity index is 1.74. The molecule has 0 amide bonds. The Bertz CT molecular complexity index is 2180. The third-order valence-corrected chi connectivity index (χ3v) is 20.5. The van der Waals surface area contributed by atoms with Crippen LogP contribution in [-0.2, 0) is 61.2 Å². The normalized spacial score (nSPS) is 27.8. The fourth-order valence-electron chi connectivity index (χ4n) is 13.0. The third kappa shape index (κ3) is 38.6. The molecule has 19 unspecified atom stereocenters. The van der Waals surface area contributed by atoms with E-state index < -0.39 is 156 Å². The molecule has 3 aliphatic rings. The lowest BCUT2D eigenvalue weighted by Gasteiger charge is -2.49. The van der Waals surface area contributed by atoms with Crippen molar-refractivity contribution in [2.24, 2.45) is 5.92 Å². The highest BCUT2D eigenvalue weighted by molar-refractivity contribution is 7.47. The van der Waals surface area contributed by atoms with Gasteiger partial charge in [-0.1, -0.05) is 277 Å². The van der Waals surface area contributed by atoms with Crippen LogP contribution in [0.15, 0.2) is 24.3 Å². The second kappa shape index (κ2) is 55.8. The number of ether oxygens (including phenoxy) is 7. The van der Waals surface area contributed by atoms with E-state index in [4.69, 9.17) is 42.2 Å². The summed E-state index contributed by atoms with van der Waals surface area (Å²) in [6.45, 7) is 5.67. The van der Waals surface area contributed by atoms with Crippen LogP contribution in [0.25, 0.3) is 0 Å². The monoisotopic (exact) mass is 1450 g/mol. The zero-order valence-corrected chi connectivity index (χ0v) is 62.3. The number of allylic oxidation sites excluding steroid dienone is 3. The van der Waals surface area contributed by atoms with E-state index in [0.717, 1.165) is 96.0 Å². The van der Waals surface area contributed by atoms with Crippen LogP contribution in [0.3, 0.4) is 0 Å². The summed E-state index contributed by atoms with van der Waals surface area (Å²) in [6, 6.07) is 0. The standard InChI is InChI=1S/C75H137O24P/c1-5-8-11-14-17-19-21-23-25-27-29-31-33-40-45-50-61(79)94-56(52-91-59(77)48-43-38-32-30-28-26-24-22-20-18-15-12-9-6-2)53-93-100(89,90)99-73-71(97-74-69(87)64(82)62(80)57(51-76)95-74)67(85)66(84)68(86)72(73)98-75-70(88)65(83)63(81)58(96-75)54-92-60(78)49-44-39-35-34-37-42-47-55(4)46-41-36-16-13-10-7-3/h33,40,45,50,55-58,62-76,80-88H,5-32,34-39,41-44,46-49,51-54H2,1-4H3,(H,89,90)/b40-33+,50-45+. The molecule has 3 fully saturated rings. The SMILES string of the molecule is CCCCCCCCCCCCC/C=C/C=C/C(=O)OC(COC(=O)CCCCCCCCCCCCCCCC)COP(=O)(O)OC1C(OC2OC(CO)C(O)C(O)C2O)C(O)C(O)C(O)C1OC1OC(COC(=O)CCCCCCCCC(C)CCCCCCCC)C(O)C(O)C1O. The van der Waals surface area contributed by atoms with Gasteiger partial charge in [0.2, 0.25) is 0 Å². The fourth-order valence-corrected chi connectivity index (χ4v) is 14.0. The molecular weight excluding hydrogens is 1320 g/mol. The van der Waals surface area contributed by atoms with Crippen molar-refractivity contribution in [3.05, 3.63) is 24.3 Å². The lowest BCUT2D eigenvalue weighted by Crippen LogP contribution is -2.69. The number of aliphatic hydroxyl groups is 10. The van der Waals surface area contributed by atoms with E-state index in [-0.39, 0.29) is 12.8 Å². The van der Waals surface area contributed by atoms with Crippen LogP contribution in [0.1, 0.15) is 297 Å². The van der Waals surface area contributed by atoms with E-state index in [1.165, 1.54) is 160 Å². The van der Waals surface area contributed by atoms with Crippen LogP contribution < -0.4 is 0 Å². The molecule has 11 N–H and O–H groups in total. The second-order valence-corrected chi connectivity index (χ2v) is 29.8. The number of phosphoric ester groups is 1. The molecule has 0 aromatic rings. The Labute approximate surface area is 598 Å². The highest BCUT2D eigenvalue weighted by Gasteiger charge is 2.58. The summed E-state index contributed by atoms with van der Waals surface area (Å²) in [4.78, 5) is 50.9. The highest BCUT2D eigenvalue weighted by Crippen LogP contribution is 2.49. The Morgan fingerprint density at radius 1 is 0.440 bits per heavy atom. The van der Waals surface area contributed by atoms with Crippen molar-refractivity contribution < 1.29 is 117 Å². The van der Waals surface area contributed by atoms with Crippen LogP contribution in [0.2, 0.25) is 0 Å². The second-order valence-electron chi connectivity index (χ2n) is 28.4. The highest BCUT2D eigenvalue weighted by atomic mass is 31.2. The summed E-state index contributed by atoms with van der Waals surface area (Å²) in [6.07, 6.45) is 15.9. The maximum atomic E-state index is 14.3. The van der Waals surface area contributed by atoms with Crippen molar-refractivity contribution in [2.75, 3.05) is 26.4 Å². The molecule has 24 nitrogen and oxygen atoms in total. The number of carbonyl (C=O) groups is 3. The Morgan fingerprint density at radius 2 is 0.820 bits per heavy atom. The lowest BCUT2D eigenvalue weighted by atomic mass is 9.84. The van der Waals surface area contributed by atoms with E-state index in [1.54, 1.807) is 6.08 Å². The van der Waals surface area contributed by atoms with Crippen LogP contribution in [0.4, 0.5) is 0 Å². The van der Waals surface area contributed by atoms with E-state index in [9.17, 15) is 74.9 Å². The maximum absolute atomic E-state index is 14.3. The van der Waals surface area contributed by atoms with Crippen molar-refractivity contribution in [3.63, 3.8) is 0 Å². The summed E-state index contributed by atoms with van der Waals surface area (Å²) >= 11 is 0. The molecule has 3 rings (SSSR count). The van der Waals surface area contributed by atoms with Gasteiger partial charge in [0.05, 0.1) is 13.2 Å². The number of esters is 3. The smallest absolute Gasteiger partial charge is 0.463 e. The molecule has 0 aromatic carbocycles. The fraction of sp³-hybridized carbons (Fsp3) is 0.907. The number of phosphoric acid groups is 1.